The van der Waals surface area contributed by atoms with Crippen molar-refractivity contribution in [3.63, 3.8) is 0 Å². The van der Waals surface area contributed by atoms with Crippen molar-refractivity contribution < 1.29 is 18.9 Å². The second-order valence-corrected chi connectivity index (χ2v) is 4.32. The van der Waals surface area contributed by atoms with Gasteiger partial charge in [0.05, 0.1) is 39.6 Å². The molecule has 0 fully saturated rings. The molecule has 0 aromatic heterocycles. The monoisotopic (exact) mass is 303 g/mol. The molecule has 0 amide bonds. The van der Waals surface area contributed by atoms with E-state index in [4.69, 9.17) is 36.3 Å². The number of alkyl halides is 1. The van der Waals surface area contributed by atoms with Crippen LogP contribution in [0.2, 0.25) is 0 Å². The van der Waals surface area contributed by atoms with E-state index in [0.29, 0.717) is 52.1 Å². The Morgan fingerprint density at radius 3 is 1.80 bits per heavy atom. The van der Waals surface area contributed by atoms with Crippen molar-refractivity contribution in [2.75, 3.05) is 57.9 Å². The molecule has 0 atom stereocenters. The molecule has 1 aromatic carbocycles. The average Bonchev–Trinajstić information content (AvgIpc) is 2.47. The largest absolute Gasteiger partial charge is 0.491 e. The van der Waals surface area contributed by atoms with Crippen molar-refractivity contribution in [2.24, 2.45) is 0 Å². The predicted octanol–water partition coefficient (Wildman–Crippen LogP) is 1.94. The molecule has 0 aliphatic heterocycles. The summed E-state index contributed by atoms with van der Waals surface area (Å²) >= 11 is 5.46. The number of anilines is 1. The van der Waals surface area contributed by atoms with Crippen molar-refractivity contribution in [3.05, 3.63) is 24.3 Å². The van der Waals surface area contributed by atoms with Crippen LogP contribution in [0.5, 0.6) is 5.75 Å². The van der Waals surface area contributed by atoms with E-state index >= 15 is 0 Å². The summed E-state index contributed by atoms with van der Waals surface area (Å²) in [7, 11) is 0. The van der Waals surface area contributed by atoms with Crippen LogP contribution in [0.4, 0.5) is 5.69 Å². The zero-order chi connectivity index (χ0) is 14.5. The van der Waals surface area contributed by atoms with Gasteiger partial charge < -0.3 is 24.7 Å². The number of hydrogen-bond acceptors (Lipinski definition) is 5. The number of benzene rings is 1. The summed E-state index contributed by atoms with van der Waals surface area (Å²) in [6.07, 6.45) is 0. The van der Waals surface area contributed by atoms with Gasteiger partial charge in [-0.05, 0) is 24.3 Å². The molecule has 0 spiro atoms. The smallest absolute Gasteiger partial charge is 0.119 e. The third-order valence-corrected chi connectivity index (χ3v) is 2.50. The summed E-state index contributed by atoms with van der Waals surface area (Å²) in [5.41, 5.74) is 6.30. The quantitative estimate of drug-likeness (QED) is 0.363. The molecule has 1 aromatic rings. The lowest BCUT2D eigenvalue weighted by atomic mass is 10.3. The molecule has 0 saturated heterocycles. The van der Waals surface area contributed by atoms with Crippen molar-refractivity contribution in [3.8, 4) is 5.75 Å². The van der Waals surface area contributed by atoms with Gasteiger partial charge >= 0.3 is 0 Å². The Labute approximate surface area is 124 Å². The highest BCUT2D eigenvalue weighted by Gasteiger charge is 1.94. The van der Waals surface area contributed by atoms with E-state index < -0.39 is 0 Å². The van der Waals surface area contributed by atoms with Gasteiger partial charge in [-0.15, -0.1) is 11.6 Å². The third kappa shape index (κ3) is 8.98. The number of ether oxygens (including phenoxy) is 4. The van der Waals surface area contributed by atoms with Gasteiger partial charge in [-0.3, -0.25) is 0 Å². The van der Waals surface area contributed by atoms with Crippen LogP contribution >= 0.6 is 11.6 Å². The normalized spacial score (nSPS) is 10.7. The summed E-state index contributed by atoms with van der Waals surface area (Å²) in [6.45, 7) is 3.80. The zero-order valence-corrected chi connectivity index (χ0v) is 12.3. The van der Waals surface area contributed by atoms with Gasteiger partial charge in [0.2, 0.25) is 0 Å². The molecule has 1 rings (SSSR count). The molecule has 0 saturated carbocycles. The van der Waals surface area contributed by atoms with Crippen LogP contribution in [-0.4, -0.2) is 52.1 Å². The highest BCUT2D eigenvalue weighted by Crippen LogP contribution is 2.12. The maximum absolute atomic E-state index is 5.58. The van der Waals surface area contributed by atoms with E-state index in [2.05, 4.69) is 0 Å². The maximum atomic E-state index is 5.58. The fourth-order valence-corrected chi connectivity index (χ4v) is 1.49. The van der Waals surface area contributed by atoms with Crippen LogP contribution in [0.3, 0.4) is 0 Å². The number of hydrogen-bond donors (Lipinski definition) is 1. The predicted molar refractivity (Wildman–Crippen MR) is 79.5 cm³/mol. The fraction of sp³-hybridized carbons (Fsp3) is 0.571. The first-order valence-corrected chi connectivity index (χ1v) is 7.14. The average molecular weight is 304 g/mol. The number of halogens is 1. The summed E-state index contributed by atoms with van der Waals surface area (Å²) in [6, 6.07) is 7.27. The number of nitrogens with two attached hydrogens (primary N) is 1. The lowest BCUT2D eigenvalue weighted by molar-refractivity contribution is 0.0117. The fourth-order valence-electron chi connectivity index (χ4n) is 1.38. The number of rotatable bonds is 12. The van der Waals surface area contributed by atoms with Crippen LogP contribution < -0.4 is 10.5 Å². The molecule has 114 valence electrons. The molecule has 6 heteroatoms. The molecule has 5 nitrogen and oxygen atoms in total. The Hall–Kier alpha value is -1.01. The molecule has 0 aliphatic carbocycles. The van der Waals surface area contributed by atoms with E-state index in [-0.39, 0.29) is 0 Å². The minimum atomic E-state index is 0.503. The van der Waals surface area contributed by atoms with Gasteiger partial charge in [0, 0.05) is 11.6 Å². The van der Waals surface area contributed by atoms with Crippen LogP contribution in [0.1, 0.15) is 0 Å². The van der Waals surface area contributed by atoms with Gasteiger partial charge in [-0.1, -0.05) is 0 Å². The molecule has 0 unspecified atom stereocenters. The molecular weight excluding hydrogens is 282 g/mol. The summed E-state index contributed by atoms with van der Waals surface area (Å²) < 4.78 is 21.3. The van der Waals surface area contributed by atoms with Crippen LogP contribution in [-0.2, 0) is 14.2 Å². The van der Waals surface area contributed by atoms with E-state index in [1.165, 1.54) is 0 Å². The molecule has 2 N–H and O–H groups in total. The standard InChI is InChI=1S/C14H22ClNO4/c15-5-6-17-7-8-18-9-10-19-11-12-20-14-3-1-13(16)2-4-14/h1-4H,5-12,16H2. The first-order chi connectivity index (χ1) is 9.83. The van der Waals surface area contributed by atoms with Crippen LogP contribution in [0, 0.1) is 0 Å². The second kappa shape index (κ2) is 11.8. The number of nitrogen functional groups attached to an aromatic ring is 1. The molecular formula is C14H22ClNO4. The Bertz CT molecular complexity index is 334. The first-order valence-electron chi connectivity index (χ1n) is 6.60. The lowest BCUT2D eigenvalue weighted by Crippen LogP contribution is -2.13. The maximum Gasteiger partial charge on any atom is 0.119 e. The Morgan fingerprint density at radius 1 is 0.750 bits per heavy atom. The zero-order valence-electron chi connectivity index (χ0n) is 11.6. The van der Waals surface area contributed by atoms with Crippen molar-refractivity contribution in [1.29, 1.82) is 0 Å². The van der Waals surface area contributed by atoms with E-state index in [1.807, 2.05) is 12.1 Å². The summed E-state index contributed by atoms with van der Waals surface area (Å²) in [4.78, 5) is 0. The SMILES string of the molecule is Nc1ccc(OCCOCCOCCOCCCl)cc1. The van der Waals surface area contributed by atoms with Crippen molar-refractivity contribution >= 4 is 17.3 Å². The topological polar surface area (TPSA) is 62.9 Å². The van der Waals surface area contributed by atoms with E-state index in [9.17, 15) is 0 Å². The molecule has 0 aliphatic rings. The molecule has 0 bridgehead atoms. The molecule has 0 radical (unpaired) electrons. The van der Waals surface area contributed by atoms with Crippen molar-refractivity contribution in [2.45, 2.75) is 0 Å². The van der Waals surface area contributed by atoms with Crippen LogP contribution in [0.25, 0.3) is 0 Å². The van der Waals surface area contributed by atoms with Crippen LogP contribution in [0.15, 0.2) is 24.3 Å². The Balaban J connectivity index is 1.84. The van der Waals surface area contributed by atoms with E-state index in [1.54, 1.807) is 12.1 Å². The third-order valence-electron chi connectivity index (χ3n) is 2.34. The summed E-state index contributed by atoms with van der Waals surface area (Å²) in [5, 5.41) is 0. The van der Waals surface area contributed by atoms with E-state index in [0.717, 1.165) is 11.4 Å². The molecule has 0 heterocycles. The Morgan fingerprint density at radius 2 is 1.25 bits per heavy atom. The summed E-state index contributed by atoms with van der Waals surface area (Å²) in [5.74, 6) is 1.30. The van der Waals surface area contributed by atoms with Crippen molar-refractivity contribution in [1.82, 2.24) is 0 Å². The van der Waals surface area contributed by atoms with Gasteiger partial charge in [-0.25, -0.2) is 0 Å². The van der Waals surface area contributed by atoms with Gasteiger partial charge in [0.1, 0.15) is 12.4 Å². The second-order valence-electron chi connectivity index (χ2n) is 3.94. The molecule has 20 heavy (non-hydrogen) atoms. The first kappa shape index (κ1) is 17.0. The Kier molecular flexibility index (Phi) is 10.0. The minimum Gasteiger partial charge on any atom is -0.491 e. The highest BCUT2D eigenvalue weighted by molar-refractivity contribution is 6.17. The highest BCUT2D eigenvalue weighted by atomic mass is 35.5. The van der Waals surface area contributed by atoms with Gasteiger partial charge in [-0.2, -0.15) is 0 Å². The lowest BCUT2D eigenvalue weighted by Gasteiger charge is -2.08. The minimum absolute atomic E-state index is 0.503. The van der Waals surface area contributed by atoms with Gasteiger partial charge in [0.15, 0.2) is 0 Å². The van der Waals surface area contributed by atoms with Gasteiger partial charge in [0.25, 0.3) is 0 Å².